The minimum Gasteiger partial charge on any atom is -0.351 e. The summed E-state index contributed by atoms with van der Waals surface area (Å²) in [7, 11) is 2.07. The Morgan fingerprint density at radius 3 is 2.78 bits per heavy atom. The third-order valence-corrected chi connectivity index (χ3v) is 5.28. The van der Waals surface area contributed by atoms with Gasteiger partial charge in [-0.2, -0.15) is 0 Å². The number of piperidine rings is 1. The van der Waals surface area contributed by atoms with Crippen LogP contribution in [0, 0.1) is 0 Å². The highest BCUT2D eigenvalue weighted by atomic mass is 16.2. The summed E-state index contributed by atoms with van der Waals surface area (Å²) in [5, 5.41) is 2.32. The van der Waals surface area contributed by atoms with Crippen molar-refractivity contribution >= 4 is 17.2 Å². The van der Waals surface area contributed by atoms with Crippen molar-refractivity contribution in [1.29, 1.82) is 0 Å². The van der Waals surface area contributed by atoms with E-state index < -0.39 is 0 Å². The second-order valence-electron chi connectivity index (χ2n) is 6.41. The van der Waals surface area contributed by atoms with E-state index in [4.69, 9.17) is 4.99 Å². The molecule has 0 aliphatic carbocycles. The fraction of sp³-hybridized carbons (Fsp3) is 0.263. The van der Waals surface area contributed by atoms with E-state index in [9.17, 15) is 4.79 Å². The van der Waals surface area contributed by atoms with Crippen LogP contribution in [0.3, 0.4) is 0 Å². The first-order valence-corrected chi connectivity index (χ1v) is 8.04. The van der Waals surface area contributed by atoms with Gasteiger partial charge in [0.1, 0.15) is 12.2 Å². The minimum absolute atomic E-state index is 0.0199. The van der Waals surface area contributed by atoms with Gasteiger partial charge in [0.25, 0.3) is 5.91 Å². The molecule has 2 aromatic rings. The molecule has 1 fully saturated rings. The molecule has 2 atom stereocenters. The van der Waals surface area contributed by atoms with Gasteiger partial charge in [-0.3, -0.25) is 9.79 Å². The standard InChI is InChI=1S/C19H17N3O/c1-21-16-9-5-3-7-14(16)19(23)22-11-10-13-12-6-2-4-8-15(12)20-17(13)18(21)22/h2-9,17-18H,10-11H2,1H3/t17-,18-/m0/s1. The lowest BCUT2D eigenvalue weighted by atomic mass is 9.91. The van der Waals surface area contributed by atoms with E-state index in [1.165, 1.54) is 10.8 Å². The molecule has 0 aromatic heterocycles. The van der Waals surface area contributed by atoms with E-state index in [0.29, 0.717) is 0 Å². The molecule has 1 saturated heterocycles. The van der Waals surface area contributed by atoms with Crippen molar-refractivity contribution in [2.75, 3.05) is 18.5 Å². The first kappa shape index (κ1) is 12.9. The number of likely N-dealkylation sites (N-methyl/N-ethyl adjacent to an activating group) is 1. The lowest BCUT2D eigenvalue weighted by Gasteiger charge is -2.49. The third kappa shape index (κ3) is 1.61. The SMILES string of the molecule is CN1c2ccccc2C(=O)N2CCC3=c4ccccc4=N[C@@H]3[C@H]21. The van der Waals surface area contributed by atoms with Crippen molar-refractivity contribution in [3.63, 3.8) is 0 Å². The zero-order chi connectivity index (χ0) is 15.6. The van der Waals surface area contributed by atoms with Gasteiger partial charge in [-0.15, -0.1) is 0 Å². The molecule has 0 saturated carbocycles. The molecule has 0 radical (unpaired) electrons. The Bertz CT molecular complexity index is 949. The van der Waals surface area contributed by atoms with Crippen LogP contribution >= 0.6 is 0 Å². The molecule has 3 aliphatic rings. The Morgan fingerprint density at radius 2 is 1.87 bits per heavy atom. The number of carbonyl (C=O) groups excluding carboxylic acids is 1. The Balaban J connectivity index is 1.70. The summed E-state index contributed by atoms with van der Waals surface area (Å²) >= 11 is 0. The Hall–Kier alpha value is -2.62. The number of hydrogen-bond donors (Lipinski definition) is 0. The normalized spacial score (nSPS) is 24.6. The van der Waals surface area contributed by atoms with Crippen molar-refractivity contribution in [3.8, 4) is 0 Å². The average Bonchev–Trinajstić information content (AvgIpc) is 2.98. The van der Waals surface area contributed by atoms with Gasteiger partial charge in [-0.1, -0.05) is 30.3 Å². The Morgan fingerprint density at radius 1 is 1.09 bits per heavy atom. The van der Waals surface area contributed by atoms with Crippen LogP contribution in [-0.4, -0.2) is 36.6 Å². The highest BCUT2D eigenvalue weighted by Gasteiger charge is 2.45. The van der Waals surface area contributed by atoms with Gasteiger partial charge in [0.05, 0.1) is 16.6 Å². The van der Waals surface area contributed by atoms with Gasteiger partial charge in [-0.05, 0) is 30.2 Å². The number of carbonyl (C=O) groups is 1. The van der Waals surface area contributed by atoms with Crippen molar-refractivity contribution in [3.05, 3.63) is 64.7 Å². The molecule has 0 N–H and O–H groups in total. The molecule has 1 amide bonds. The molecule has 0 spiro atoms. The van der Waals surface area contributed by atoms with E-state index in [1.807, 2.05) is 35.2 Å². The van der Waals surface area contributed by atoms with Gasteiger partial charge in [0, 0.05) is 18.8 Å². The van der Waals surface area contributed by atoms with E-state index in [0.717, 1.165) is 29.6 Å². The number of para-hydroxylation sites is 2. The molecule has 0 bridgehead atoms. The van der Waals surface area contributed by atoms with Crippen LogP contribution in [0.1, 0.15) is 16.8 Å². The Kier molecular flexibility index (Phi) is 2.49. The minimum atomic E-state index is -0.0199. The lowest BCUT2D eigenvalue weighted by Crippen LogP contribution is -2.61. The van der Waals surface area contributed by atoms with Crippen molar-refractivity contribution in [2.45, 2.75) is 18.6 Å². The largest absolute Gasteiger partial charge is 0.351 e. The average molecular weight is 303 g/mol. The monoisotopic (exact) mass is 303 g/mol. The maximum atomic E-state index is 12.9. The van der Waals surface area contributed by atoms with E-state index in [-0.39, 0.29) is 18.1 Å². The fourth-order valence-electron chi connectivity index (χ4n) is 4.22. The second-order valence-corrected chi connectivity index (χ2v) is 6.41. The van der Waals surface area contributed by atoms with Gasteiger partial charge in [0.2, 0.25) is 0 Å². The topological polar surface area (TPSA) is 35.9 Å². The van der Waals surface area contributed by atoms with Crippen LogP contribution in [0.5, 0.6) is 0 Å². The summed E-state index contributed by atoms with van der Waals surface area (Å²) in [5.41, 5.74) is 3.18. The molecule has 0 unspecified atom stereocenters. The Labute approximate surface area is 134 Å². The molecule has 3 heterocycles. The number of fused-ring (bicyclic) bond motifs is 5. The molecule has 5 rings (SSSR count). The zero-order valence-corrected chi connectivity index (χ0v) is 12.9. The molecule has 114 valence electrons. The quantitative estimate of drug-likeness (QED) is 0.732. The van der Waals surface area contributed by atoms with Crippen LogP contribution in [0.15, 0.2) is 53.5 Å². The molecule has 23 heavy (non-hydrogen) atoms. The smallest absolute Gasteiger partial charge is 0.257 e. The maximum absolute atomic E-state index is 12.9. The summed E-state index contributed by atoms with van der Waals surface area (Å²) in [6.45, 7) is 0.762. The summed E-state index contributed by atoms with van der Waals surface area (Å²) in [5.74, 6) is 0.133. The van der Waals surface area contributed by atoms with Crippen LogP contribution in [0.25, 0.3) is 5.57 Å². The predicted octanol–water partition coefficient (Wildman–Crippen LogP) is 1.16. The van der Waals surface area contributed by atoms with E-state index in [2.05, 4.69) is 30.1 Å². The first-order chi connectivity index (χ1) is 11.3. The van der Waals surface area contributed by atoms with Gasteiger partial charge >= 0.3 is 0 Å². The fourth-order valence-corrected chi connectivity index (χ4v) is 4.22. The third-order valence-electron chi connectivity index (χ3n) is 5.28. The van der Waals surface area contributed by atoms with Crippen LogP contribution in [0.2, 0.25) is 0 Å². The summed E-state index contributed by atoms with van der Waals surface area (Å²) in [6, 6.07) is 16.2. The number of hydrogen-bond acceptors (Lipinski definition) is 3. The van der Waals surface area contributed by atoms with Crippen LogP contribution in [0.4, 0.5) is 5.69 Å². The summed E-state index contributed by atoms with van der Waals surface area (Å²) < 4.78 is 0. The van der Waals surface area contributed by atoms with Crippen molar-refractivity contribution in [2.24, 2.45) is 4.99 Å². The summed E-state index contributed by atoms with van der Waals surface area (Å²) in [4.78, 5) is 22.1. The molecular weight excluding hydrogens is 286 g/mol. The number of amides is 1. The number of nitrogens with zero attached hydrogens (tertiary/aromatic N) is 3. The van der Waals surface area contributed by atoms with Crippen molar-refractivity contribution in [1.82, 2.24) is 4.90 Å². The zero-order valence-electron chi connectivity index (χ0n) is 12.9. The molecule has 2 aromatic carbocycles. The van der Waals surface area contributed by atoms with Gasteiger partial charge < -0.3 is 9.80 Å². The van der Waals surface area contributed by atoms with Crippen molar-refractivity contribution < 1.29 is 4.79 Å². The summed E-state index contributed by atoms with van der Waals surface area (Å²) in [6.07, 6.45) is 0.886. The maximum Gasteiger partial charge on any atom is 0.257 e. The molecule has 4 nitrogen and oxygen atoms in total. The van der Waals surface area contributed by atoms with E-state index >= 15 is 0 Å². The van der Waals surface area contributed by atoms with E-state index in [1.54, 1.807) is 0 Å². The number of benzene rings is 2. The van der Waals surface area contributed by atoms with Gasteiger partial charge in [0.15, 0.2) is 0 Å². The molecule has 4 heteroatoms. The molecule has 3 aliphatic heterocycles. The van der Waals surface area contributed by atoms with Crippen LogP contribution in [-0.2, 0) is 0 Å². The number of anilines is 1. The molecular formula is C19H17N3O. The predicted molar refractivity (Wildman–Crippen MR) is 88.7 cm³/mol. The second kappa shape index (κ2) is 4.44. The highest BCUT2D eigenvalue weighted by Crippen LogP contribution is 2.37. The number of rotatable bonds is 0. The lowest BCUT2D eigenvalue weighted by molar-refractivity contribution is 0.0624. The highest BCUT2D eigenvalue weighted by molar-refractivity contribution is 6.02. The van der Waals surface area contributed by atoms with Gasteiger partial charge in [-0.25, -0.2) is 0 Å². The van der Waals surface area contributed by atoms with Crippen LogP contribution < -0.4 is 15.5 Å². The first-order valence-electron chi connectivity index (χ1n) is 8.04.